The minimum Gasteiger partial charge on any atom is -0.328 e. The predicted molar refractivity (Wildman–Crippen MR) is 126 cm³/mol. The Morgan fingerprint density at radius 2 is 0.893 bits per heavy atom. The lowest BCUT2D eigenvalue weighted by Gasteiger charge is -2.28. The van der Waals surface area contributed by atoms with E-state index in [1.54, 1.807) is 0 Å². The van der Waals surface area contributed by atoms with E-state index in [1.165, 1.54) is 44.8 Å². The fourth-order valence-electron chi connectivity index (χ4n) is 4.39. The Morgan fingerprint density at radius 1 is 0.607 bits per heavy atom. The van der Waals surface area contributed by atoms with Gasteiger partial charge in [-0.1, -0.05) is 63.1 Å². The fraction of sp³-hybridized carbons (Fsp3) is 0.440. The summed E-state index contributed by atoms with van der Waals surface area (Å²) in [6.07, 6.45) is 8.81. The molecule has 3 heteroatoms. The maximum Gasteiger partial charge on any atom is 0.0989 e. The average molecular weight is 399 g/mol. The highest BCUT2D eigenvalue weighted by molar-refractivity contribution is 5.85. The minimum atomic E-state index is 0. The molecule has 2 aromatic carbocycles. The van der Waals surface area contributed by atoms with Crippen LogP contribution in [0.15, 0.2) is 36.7 Å². The van der Waals surface area contributed by atoms with Gasteiger partial charge in [-0.2, -0.15) is 0 Å². The third-order valence-electron chi connectivity index (χ3n) is 5.65. The summed E-state index contributed by atoms with van der Waals surface area (Å²) in [5, 5.41) is 0. The quantitative estimate of drug-likeness (QED) is 0.532. The highest BCUT2D eigenvalue weighted by Crippen LogP contribution is 2.35. The van der Waals surface area contributed by atoms with Crippen molar-refractivity contribution in [1.29, 1.82) is 0 Å². The molecule has 0 atom stereocenters. The van der Waals surface area contributed by atoms with E-state index in [0.717, 1.165) is 32.4 Å². The second-order valence-electron chi connectivity index (χ2n) is 7.66. The van der Waals surface area contributed by atoms with E-state index in [9.17, 15) is 0 Å². The maximum atomic E-state index is 2.44. The van der Waals surface area contributed by atoms with Gasteiger partial charge in [-0.05, 0) is 61.8 Å². The molecule has 0 aliphatic carbocycles. The van der Waals surface area contributed by atoms with E-state index in [1.807, 2.05) is 0 Å². The zero-order valence-corrected chi connectivity index (χ0v) is 19.1. The second kappa shape index (κ2) is 9.52. The van der Waals surface area contributed by atoms with Gasteiger partial charge in [0.05, 0.1) is 6.67 Å². The van der Waals surface area contributed by atoms with Crippen molar-refractivity contribution in [2.24, 2.45) is 0 Å². The van der Waals surface area contributed by atoms with Crippen LogP contribution in [0.5, 0.6) is 0 Å². The number of halogens is 1. The molecular formula is C25H35ClN2. The first-order valence-electron chi connectivity index (χ1n) is 10.5. The maximum absolute atomic E-state index is 2.44. The van der Waals surface area contributed by atoms with Gasteiger partial charge in [0.1, 0.15) is 0 Å². The van der Waals surface area contributed by atoms with Crippen LogP contribution in [0, 0.1) is 13.8 Å². The van der Waals surface area contributed by atoms with E-state index >= 15 is 0 Å². The Labute approximate surface area is 177 Å². The normalized spacial score (nSPS) is 13.2. The van der Waals surface area contributed by atoms with Crippen molar-refractivity contribution in [3.05, 3.63) is 70.0 Å². The Balaban J connectivity index is 0.00000280. The number of anilines is 2. The fourth-order valence-corrected chi connectivity index (χ4v) is 4.39. The molecule has 1 aliphatic rings. The minimum absolute atomic E-state index is 0. The van der Waals surface area contributed by atoms with E-state index in [4.69, 9.17) is 0 Å². The van der Waals surface area contributed by atoms with E-state index in [2.05, 4.69) is 88.0 Å². The number of rotatable bonds is 6. The summed E-state index contributed by atoms with van der Waals surface area (Å²) in [5.74, 6) is 0. The molecule has 2 nitrogen and oxygen atoms in total. The molecule has 1 heterocycles. The first-order valence-corrected chi connectivity index (χ1v) is 10.5. The summed E-state index contributed by atoms with van der Waals surface area (Å²) in [6, 6.07) is 9.41. The number of hydrogen-bond donors (Lipinski definition) is 0. The lowest BCUT2D eigenvalue weighted by atomic mass is 9.98. The van der Waals surface area contributed by atoms with Crippen molar-refractivity contribution < 1.29 is 0 Å². The molecule has 0 radical (unpaired) electrons. The Hall–Kier alpha value is -1.93. The first kappa shape index (κ1) is 22.4. The molecule has 28 heavy (non-hydrogen) atoms. The van der Waals surface area contributed by atoms with Crippen LogP contribution in [0.25, 0.3) is 0 Å². The van der Waals surface area contributed by atoms with Crippen molar-refractivity contribution in [3.63, 3.8) is 0 Å². The highest BCUT2D eigenvalue weighted by atomic mass is 35.5. The summed E-state index contributed by atoms with van der Waals surface area (Å²) in [7, 11) is 0. The average Bonchev–Trinajstić information content (AvgIpc) is 3.15. The van der Waals surface area contributed by atoms with Gasteiger partial charge in [-0.15, -0.1) is 12.4 Å². The van der Waals surface area contributed by atoms with Crippen LogP contribution >= 0.6 is 12.4 Å². The molecule has 0 bridgehead atoms. The molecule has 0 spiro atoms. The Morgan fingerprint density at radius 3 is 1.14 bits per heavy atom. The molecule has 0 amide bonds. The van der Waals surface area contributed by atoms with Gasteiger partial charge in [-0.25, -0.2) is 0 Å². The lowest BCUT2D eigenvalue weighted by molar-refractivity contribution is 0.921. The predicted octanol–water partition coefficient (Wildman–Crippen LogP) is 6.73. The summed E-state index contributed by atoms with van der Waals surface area (Å²) in [4.78, 5) is 4.88. The van der Waals surface area contributed by atoms with E-state index in [-0.39, 0.29) is 12.4 Å². The van der Waals surface area contributed by atoms with Crippen LogP contribution < -0.4 is 9.80 Å². The molecule has 0 fully saturated rings. The molecule has 0 saturated heterocycles. The number of nitrogens with zero attached hydrogens (tertiary/aromatic N) is 2. The summed E-state index contributed by atoms with van der Waals surface area (Å²) in [5.41, 5.74) is 11.4. The molecule has 0 saturated carbocycles. The largest absolute Gasteiger partial charge is 0.328 e. The van der Waals surface area contributed by atoms with Gasteiger partial charge in [0.15, 0.2) is 0 Å². The highest BCUT2D eigenvalue weighted by Gasteiger charge is 2.23. The molecule has 2 aromatic rings. The molecule has 0 N–H and O–H groups in total. The van der Waals surface area contributed by atoms with Crippen LogP contribution in [0.3, 0.4) is 0 Å². The molecule has 1 aliphatic heterocycles. The van der Waals surface area contributed by atoms with Crippen molar-refractivity contribution in [2.75, 3.05) is 16.5 Å². The van der Waals surface area contributed by atoms with E-state index in [0.29, 0.717) is 0 Å². The molecule has 0 aromatic heterocycles. The molecule has 0 unspecified atom stereocenters. The van der Waals surface area contributed by atoms with Gasteiger partial charge in [0.2, 0.25) is 0 Å². The Kier molecular flexibility index (Phi) is 7.60. The van der Waals surface area contributed by atoms with Crippen LogP contribution in [-0.4, -0.2) is 6.67 Å². The van der Waals surface area contributed by atoms with Gasteiger partial charge in [0.25, 0.3) is 0 Å². The summed E-state index contributed by atoms with van der Waals surface area (Å²) in [6.45, 7) is 14.4. The topological polar surface area (TPSA) is 6.48 Å². The third kappa shape index (κ3) is 4.22. The SMILES string of the molecule is CCc1cc(C)cc(CC)c1N1C=CN(c2c(CC)cc(C)cc2CC)C1.Cl. The van der Waals surface area contributed by atoms with Crippen LogP contribution in [-0.2, 0) is 25.7 Å². The van der Waals surface area contributed by atoms with Gasteiger partial charge < -0.3 is 9.80 Å². The van der Waals surface area contributed by atoms with Crippen LogP contribution in [0.1, 0.15) is 61.1 Å². The van der Waals surface area contributed by atoms with Crippen molar-refractivity contribution in [1.82, 2.24) is 0 Å². The molecular weight excluding hydrogens is 364 g/mol. The van der Waals surface area contributed by atoms with E-state index < -0.39 is 0 Å². The molecule has 3 rings (SSSR count). The molecule has 152 valence electrons. The number of hydrogen-bond acceptors (Lipinski definition) is 2. The smallest absolute Gasteiger partial charge is 0.0989 e. The van der Waals surface area contributed by atoms with Gasteiger partial charge in [-0.3, -0.25) is 0 Å². The lowest BCUT2D eigenvalue weighted by Crippen LogP contribution is -2.27. The zero-order chi connectivity index (χ0) is 19.6. The third-order valence-corrected chi connectivity index (χ3v) is 5.65. The summed E-state index contributed by atoms with van der Waals surface area (Å²) < 4.78 is 0. The summed E-state index contributed by atoms with van der Waals surface area (Å²) >= 11 is 0. The Bertz CT molecular complexity index is 734. The van der Waals surface area contributed by atoms with Crippen molar-refractivity contribution >= 4 is 23.8 Å². The van der Waals surface area contributed by atoms with Gasteiger partial charge >= 0.3 is 0 Å². The number of aryl methyl sites for hydroxylation is 6. The standard InChI is InChI=1S/C25H34N2.ClH/c1-7-20-13-18(5)14-21(8-2)24(20)26-11-12-27(17-26)25-22(9-3)15-19(6)16-23(25)10-4;/h11-16H,7-10,17H2,1-6H3;1H. The van der Waals surface area contributed by atoms with Crippen molar-refractivity contribution in [2.45, 2.75) is 67.2 Å². The van der Waals surface area contributed by atoms with Crippen molar-refractivity contribution in [3.8, 4) is 0 Å². The second-order valence-corrected chi connectivity index (χ2v) is 7.66. The first-order chi connectivity index (χ1) is 13.0. The van der Waals surface area contributed by atoms with Crippen LogP contribution in [0.2, 0.25) is 0 Å². The zero-order valence-electron chi connectivity index (χ0n) is 18.3. The van der Waals surface area contributed by atoms with Gasteiger partial charge in [0, 0.05) is 23.8 Å². The number of benzene rings is 2. The van der Waals surface area contributed by atoms with Crippen LogP contribution in [0.4, 0.5) is 11.4 Å². The monoisotopic (exact) mass is 398 g/mol.